The van der Waals surface area contributed by atoms with Gasteiger partial charge >= 0.3 is 0 Å². The maximum atomic E-state index is 11.8. The molecule has 15 heavy (non-hydrogen) atoms. The van der Waals surface area contributed by atoms with E-state index in [1.165, 1.54) is 0 Å². The normalized spacial score (nSPS) is 12.4. The molecule has 0 saturated heterocycles. The lowest BCUT2D eigenvalue weighted by atomic mass is 10.00. The lowest BCUT2D eigenvalue weighted by Crippen LogP contribution is -2.30. The van der Waals surface area contributed by atoms with Crippen molar-refractivity contribution in [1.82, 2.24) is 0 Å². The van der Waals surface area contributed by atoms with Gasteiger partial charge in [-0.1, -0.05) is 56.5 Å². The second kappa shape index (κ2) is 6.36. The molecule has 82 valence electrons. The zero-order valence-electron chi connectivity index (χ0n) is 9.28. The van der Waals surface area contributed by atoms with Gasteiger partial charge in [0.25, 0.3) is 0 Å². The van der Waals surface area contributed by atoms with Gasteiger partial charge in [0, 0.05) is 5.56 Å². The average molecular weight is 205 g/mol. The largest absolute Gasteiger partial charge is 0.321 e. The first-order valence-electron chi connectivity index (χ1n) is 5.60. The summed E-state index contributed by atoms with van der Waals surface area (Å²) in [5, 5.41) is 0. The number of carbonyl (C=O) groups excluding carboxylic acids is 1. The lowest BCUT2D eigenvalue weighted by Gasteiger charge is -2.09. The summed E-state index contributed by atoms with van der Waals surface area (Å²) < 4.78 is 0. The monoisotopic (exact) mass is 205 g/mol. The van der Waals surface area contributed by atoms with Crippen LogP contribution in [0.5, 0.6) is 0 Å². The van der Waals surface area contributed by atoms with Crippen molar-refractivity contribution in [3.63, 3.8) is 0 Å². The van der Waals surface area contributed by atoms with Crippen molar-refractivity contribution in [2.45, 2.75) is 38.6 Å². The Bertz CT molecular complexity index is 295. The van der Waals surface area contributed by atoms with Crippen molar-refractivity contribution in [3.8, 4) is 0 Å². The van der Waals surface area contributed by atoms with E-state index in [1.807, 2.05) is 30.3 Å². The molecule has 1 rings (SSSR count). The Morgan fingerprint density at radius 2 is 1.93 bits per heavy atom. The SMILES string of the molecule is CCCCCC(N)C(=O)c1ccccc1. The predicted octanol–water partition coefficient (Wildman–Crippen LogP) is 2.78. The maximum Gasteiger partial charge on any atom is 0.179 e. The first-order valence-corrected chi connectivity index (χ1v) is 5.60. The summed E-state index contributed by atoms with van der Waals surface area (Å²) in [7, 11) is 0. The van der Waals surface area contributed by atoms with Crippen LogP contribution in [0, 0.1) is 0 Å². The summed E-state index contributed by atoms with van der Waals surface area (Å²) in [5.41, 5.74) is 6.56. The molecule has 1 aromatic carbocycles. The van der Waals surface area contributed by atoms with E-state index in [4.69, 9.17) is 5.73 Å². The standard InChI is InChI=1S/C13H19NO/c1-2-3-5-10-12(14)13(15)11-8-6-4-7-9-11/h4,6-9,12H,2-3,5,10,14H2,1H3. The molecule has 0 heterocycles. The highest BCUT2D eigenvalue weighted by atomic mass is 16.1. The van der Waals surface area contributed by atoms with Crippen molar-refractivity contribution >= 4 is 5.78 Å². The van der Waals surface area contributed by atoms with E-state index in [0.717, 1.165) is 31.2 Å². The van der Waals surface area contributed by atoms with Crippen molar-refractivity contribution in [2.75, 3.05) is 0 Å². The Hall–Kier alpha value is -1.15. The first-order chi connectivity index (χ1) is 7.25. The molecule has 0 fully saturated rings. The van der Waals surface area contributed by atoms with Crippen molar-refractivity contribution in [3.05, 3.63) is 35.9 Å². The van der Waals surface area contributed by atoms with Gasteiger partial charge in [-0.15, -0.1) is 0 Å². The van der Waals surface area contributed by atoms with Crippen LogP contribution in [0.25, 0.3) is 0 Å². The third kappa shape index (κ3) is 3.84. The van der Waals surface area contributed by atoms with Gasteiger partial charge < -0.3 is 5.73 Å². The minimum Gasteiger partial charge on any atom is -0.321 e. The van der Waals surface area contributed by atoms with Gasteiger partial charge in [0.05, 0.1) is 6.04 Å². The smallest absolute Gasteiger partial charge is 0.179 e. The molecule has 0 aliphatic carbocycles. The van der Waals surface area contributed by atoms with E-state index in [-0.39, 0.29) is 11.8 Å². The summed E-state index contributed by atoms with van der Waals surface area (Å²) in [6.45, 7) is 2.14. The molecule has 0 bridgehead atoms. The van der Waals surface area contributed by atoms with Crippen LogP contribution in [-0.2, 0) is 0 Å². The first kappa shape index (κ1) is 11.9. The molecule has 1 unspecified atom stereocenters. The Morgan fingerprint density at radius 3 is 2.53 bits per heavy atom. The minimum atomic E-state index is -0.334. The van der Waals surface area contributed by atoms with E-state index >= 15 is 0 Å². The third-order valence-corrected chi connectivity index (χ3v) is 2.51. The molecular weight excluding hydrogens is 186 g/mol. The quantitative estimate of drug-likeness (QED) is 0.573. The number of rotatable bonds is 6. The Balaban J connectivity index is 2.46. The molecule has 0 saturated carbocycles. The van der Waals surface area contributed by atoms with Gasteiger partial charge in [0.2, 0.25) is 0 Å². The number of hydrogen-bond acceptors (Lipinski definition) is 2. The van der Waals surface area contributed by atoms with Crippen LogP contribution in [0.1, 0.15) is 43.0 Å². The van der Waals surface area contributed by atoms with Gasteiger partial charge in [-0.05, 0) is 6.42 Å². The van der Waals surface area contributed by atoms with Gasteiger partial charge in [-0.3, -0.25) is 4.79 Å². The third-order valence-electron chi connectivity index (χ3n) is 2.51. The van der Waals surface area contributed by atoms with Crippen LogP contribution in [0.4, 0.5) is 0 Å². The van der Waals surface area contributed by atoms with Crippen LogP contribution >= 0.6 is 0 Å². The summed E-state index contributed by atoms with van der Waals surface area (Å²) in [6.07, 6.45) is 4.14. The fraction of sp³-hybridized carbons (Fsp3) is 0.462. The van der Waals surface area contributed by atoms with E-state index < -0.39 is 0 Å². The molecule has 2 nitrogen and oxygen atoms in total. The van der Waals surface area contributed by atoms with Gasteiger partial charge in [0.15, 0.2) is 5.78 Å². The summed E-state index contributed by atoms with van der Waals surface area (Å²) in [6, 6.07) is 8.94. The van der Waals surface area contributed by atoms with Crippen molar-refractivity contribution < 1.29 is 4.79 Å². The number of hydrogen-bond donors (Lipinski definition) is 1. The van der Waals surface area contributed by atoms with E-state index in [2.05, 4.69) is 6.92 Å². The van der Waals surface area contributed by atoms with E-state index in [1.54, 1.807) is 0 Å². The zero-order chi connectivity index (χ0) is 11.1. The van der Waals surface area contributed by atoms with E-state index in [0.29, 0.717) is 0 Å². The Kier molecular flexibility index (Phi) is 5.05. The van der Waals surface area contributed by atoms with Crippen LogP contribution in [0.2, 0.25) is 0 Å². The summed E-state index contributed by atoms with van der Waals surface area (Å²) in [4.78, 5) is 11.8. The van der Waals surface area contributed by atoms with Crippen molar-refractivity contribution in [2.24, 2.45) is 5.73 Å². The van der Waals surface area contributed by atoms with Gasteiger partial charge in [-0.2, -0.15) is 0 Å². The van der Waals surface area contributed by atoms with Crippen LogP contribution in [0.3, 0.4) is 0 Å². The topological polar surface area (TPSA) is 43.1 Å². The van der Waals surface area contributed by atoms with Crippen LogP contribution in [0.15, 0.2) is 30.3 Å². The van der Waals surface area contributed by atoms with E-state index in [9.17, 15) is 4.79 Å². The molecule has 0 radical (unpaired) electrons. The Labute approximate surface area is 91.5 Å². The molecule has 0 spiro atoms. The highest BCUT2D eigenvalue weighted by Gasteiger charge is 2.14. The molecule has 0 aliphatic rings. The number of nitrogens with two attached hydrogens (primary N) is 1. The number of Topliss-reactive ketones (excluding diaryl/α,β-unsaturated/α-hetero) is 1. The fourth-order valence-electron chi connectivity index (χ4n) is 1.56. The maximum absolute atomic E-state index is 11.8. The number of benzene rings is 1. The number of carbonyl (C=O) groups is 1. The highest BCUT2D eigenvalue weighted by molar-refractivity contribution is 5.99. The molecule has 1 atom stereocenters. The molecule has 2 heteroatoms. The molecule has 0 amide bonds. The number of unbranched alkanes of at least 4 members (excludes halogenated alkanes) is 2. The fourth-order valence-corrected chi connectivity index (χ4v) is 1.56. The molecule has 0 aromatic heterocycles. The molecule has 2 N–H and O–H groups in total. The highest BCUT2D eigenvalue weighted by Crippen LogP contribution is 2.08. The van der Waals surface area contributed by atoms with Gasteiger partial charge in [-0.25, -0.2) is 0 Å². The van der Waals surface area contributed by atoms with Crippen LogP contribution < -0.4 is 5.73 Å². The van der Waals surface area contributed by atoms with Gasteiger partial charge in [0.1, 0.15) is 0 Å². The Morgan fingerprint density at radius 1 is 1.27 bits per heavy atom. The molecule has 1 aromatic rings. The summed E-state index contributed by atoms with van der Waals surface area (Å²) in [5.74, 6) is 0.0618. The second-order valence-corrected chi connectivity index (χ2v) is 3.83. The van der Waals surface area contributed by atoms with Crippen LogP contribution in [-0.4, -0.2) is 11.8 Å². The molecular formula is C13H19NO. The lowest BCUT2D eigenvalue weighted by molar-refractivity contribution is 0.0956. The minimum absolute atomic E-state index is 0.0618. The molecule has 0 aliphatic heterocycles. The second-order valence-electron chi connectivity index (χ2n) is 3.83. The predicted molar refractivity (Wildman–Crippen MR) is 62.9 cm³/mol. The summed E-state index contributed by atoms with van der Waals surface area (Å²) >= 11 is 0. The average Bonchev–Trinajstić information content (AvgIpc) is 2.29. The van der Waals surface area contributed by atoms with Crippen molar-refractivity contribution in [1.29, 1.82) is 0 Å². The zero-order valence-corrected chi connectivity index (χ0v) is 9.28. The number of ketones is 1.